The predicted molar refractivity (Wildman–Crippen MR) is 93.1 cm³/mol. The molecule has 0 atom stereocenters. The van der Waals surface area contributed by atoms with Crippen molar-refractivity contribution >= 4 is 43.2 Å². The summed E-state index contributed by atoms with van der Waals surface area (Å²) in [5, 5.41) is 2.74. The molecule has 120 valence electrons. The number of rotatable bonds is 3. The van der Waals surface area contributed by atoms with Gasteiger partial charge >= 0.3 is 0 Å². The Morgan fingerprint density at radius 3 is 2.65 bits per heavy atom. The second-order valence-electron chi connectivity index (χ2n) is 5.44. The molecule has 1 amide bonds. The number of sulfonamides is 1. The summed E-state index contributed by atoms with van der Waals surface area (Å²) >= 11 is 3.39. The standard InChI is InChI=1S/C16H15BrN2O3S/c1-10-8-12(3-5-14(10)17)19-23(21,22)13-4-6-15-11(9-13)2-7-16(20)18-15/h3-6,8-9,19H,2,7H2,1H3,(H,18,20). The molecule has 0 fully saturated rings. The Bertz CT molecular complexity index is 894. The van der Waals surface area contributed by atoms with E-state index in [1.54, 1.807) is 30.3 Å². The summed E-state index contributed by atoms with van der Waals surface area (Å²) in [4.78, 5) is 11.6. The number of carbonyl (C=O) groups is 1. The van der Waals surface area contributed by atoms with Crippen molar-refractivity contribution in [3.05, 3.63) is 52.0 Å². The van der Waals surface area contributed by atoms with Crippen LogP contribution in [0.5, 0.6) is 0 Å². The second kappa shape index (κ2) is 5.98. The van der Waals surface area contributed by atoms with Crippen LogP contribution in [0.4, 0.5) is 11.4 Å². The molecular formula is C16H15BrN2O3S. The molecule has 0 radical (unpaired) electrons. The fraction of sp³-hybridized carbons (Fsp3) is 0.188. The molecule has 0 aromatic heterocycles. The molecule has 0 spiro atoms. The van der Waals surface area contributed by atoms with Gasteiger partial charge in [0.2, 0.25) is 5.91 Å². The van der Waals surface area contributed by atoms with Crippen molar-refractivity contribution in [3.8, 4) is 0 Å². The number of halogens is 1. The highest BCUT2D eigenvalue weighted by Gasteiger charge is 2.20. The first-order valence-corrected chi connectivity index (χ1v) is 9.34. The van der Waals surface area contributed by atoms with Crippen molar-refractivity contribution in [1.29, 1.82) is 0 Å². The van der Waals surface area contributed by atoms with Gasteiger partial charge in [0, 0.05) is 22.3 Å². The molecule has 0 saturated carbocycles. The maximum Gasteiger partial charge on any atom is 0.261 e. The van der Waals surface area contributed by atoms with Crippen molar-refractivity contribution in [3.63, 3.8) is 0 Å². The van der Waals surface area contributed by atoms with Crippen molar-refractivity contribution in [2.24, 2.45) is 0 Å². The Morgan fingerprint density at radius 2 is 1.91 bits per heavy atom. The molecule has 7 heteroatoms. The number of benzene rings is 2. The number of hydrogen-bond donors (Lipinski definition) is 2. The van der Waals surface area contributed by atoms with E-state index in [0.29, 0.717) is 24.2 Å². The summed E-state index contributed by atoms with van der Waals surface area (Å²) < 4.78 is 28.6. The van der Waals surface area contributed by atoms with Crippen LogP contribution in [-0.2, 0) is 21.2 Å². The van der Waals surface area contributed by atoms with Gasteiger partial charge in [0.15, 0.2) is 0 Å². The van der Waals surface area contributed by atoms with Gasteiger partial charge < -0.3 is 5.32 Å². The SMILES string of the molecule is Cc1cc(NS(=O)(=O)c2ccc3c(c2)CCC(=O)N3)ccc1Br. The first-order valence-electron chi connectivity index (χ1n) is 7.07. The molecular weight excluding hydrogens is 380 g/mol. The lowest BCUT2D eigenvalue weighted by atomic mass is 10.0. The lowest BCUT2D eigenvalue weighted by Crippen LogP contribution is -2.20. The maximum atomic E-state index is 12.5. The van der Waals surface area contributed by atoms with Crippen LogP contribution < -0.4 is 10.0 Å². The van der Waals surface area contributed by atoms with E-state index in [9.17, 15) is 13.2 Å². The minimum absolute atomic E-state index is 0.0448. The maximum absolute atomic E-state index is 12.5. The Kier molecular flexibility index (Phi) is 4.16. The molecule has 5 nitrogen and oxygen atoms in total. The van der Waals surface area contributed by atoms with Gasteiger partial charge in [-0.25, -0.2) is 8.42 Å². The number of anilines is 2. The molecule has 0 saturated heterocycles. The van der Waals surface area contributed by atoms with E-state index in [1.165, 1.54) is 6.07 Å². The largest absolute Gasteiger partial charge is 0.326 e. The Labute approximate surface area is 143 Å². The van der Waals surface area contributed by atoms with Gasteiger partial charge in [0.1, 0.15) is 0 Å². The minimum Gasteiger partial charge on any atom is -0.326 e. The quantitative estimate of drug-likeness (QED) is 0.836. The van der Waals surface area contributed by atoms with Gasteiger partial charge in [-0.05, 0) is 60.9 Å². The third-order valence-electron chi connectivity index (χ3n) is 3.69. The number of amides is 1. The zero-order valence-corrected chi connectivity index (χ0v) is 14.8. The van der Waals surface area contributed by atoms with E-state index in [1.807, 2.05) is 6.92 Å². The van der Waals surface area contributed by atoms with Gasteiger partial charge in [0.05, 0.1) is 4.90 Å². The summed E-state index contributed by atoms with van der Waals surface area (Å²) in [5.41, 5.74) is 2.97. The number of hydrogen-bond acceptors (Lipinski definition) is 3. The van der Waals surface area contributed by atoms with Gasteiger partial charge in [-0.2, -0.15) is 0 Å². The van der Waals surface area contributed by atoms with Crippen molar-refractivity contribution in [1.82, 2.24) is 0 Å². The second-order valence-corrected chi connectivity index (χ2v) is 7.97. The lowest BCUT2D eigenvalue weighted by Gasteiger charge is -2.18. The summed E-state index contributed by atoms with van der Waals surface area (Å²) in [6.07, 6.45) is 0.914. The van der Waals surface area contributed by atoms with Crippen molar-refractivity contribution < 1.29 is 13.2 Å². The molecule has 1 aliphatic rings. The molecule has 2 aromatic rings. The monoisotopic (exact) mass is 394 g/mol. The molecule has 0 unspecified atom stereocenters. The Balaban J connectivity index is 1.90. The average Bonchev–Trinajstić information content (AvgIpc) is 2.50. The lowest BCUT2D eigenvalue weighted by molar-refractivity contribution is -0.116. The van der Waals surface area contributed by atoms with Gasteiger partial charge in [-0.15, -0.1) is 0 Å². The van der Waals surface area contributed by atoms with Gasteiger partial charge in [-0.3, -0.25) is 9.52 Å². The third kappa shape index (κ3) is 3.40. The van der Waals surface area contributed by atoms with Crippen LogP contribution in [0.1, 0.15) is 17.5 Å². The van der Waals surface area contributed by atoms with Crippen molar-refractivity contribution in [2.75, 3.05) is 10.0 Å². The Hall–Kier alpha value is -1.86. The van der Waals surface area contributed by atoms with E-state index >= 15 is 0 Å². The van der Waals surface area contributed by atoms with E-state index in [-0.39, 0.29) is 10.8 Å². The summed E-state index contributed by atoms with van der Waals surface area (Å²) in [7, 11) is -3.67. The van der Waals surface area contributed by atoms with E-state index in [4.69, 9.17) is 0 Å². The topological polar surface area (TPSA) is 75.3 Å². The van der Waals surface area contributed by atoms with Crippen LogP contribution in [0.15, 0.2) is 45.8 Å². The molecule has 1 aliphatic heterocycles. The van der Waals surface area contributed by atoms with Gasteiger partial charge in [0.25, 0.3) is 10.0 Å². The highest BCUT2D eigenvalue weighted by Crippen LogP contribution is 2.27. The molecule has 3 rings (SSSR count). The average molecular weight is 395 g/mol. The van der Waals surface area contributed by atoms with Crippen LogP contribution in [0.2, 0.25) is 0 Å². The molecule has 0 bridgehead atoms. The fourth-order valence-corrected chi connectivity index (χ4v) is 3.80. The van der Waals surface area contributed by atoms with E-state index < -0.39 is 10.0 Å². The number of aryl methyl sites for hydroxylation is 2. The van der Waals surface area contributed by atoms with Gasteiger partial charge in [-0.1, -0.05) is 15.9 Å². The van der Waals surface area contributed by atoms with E-state index in [2.05, 4.69) is 26.0 Å². The van der Waals surface area contributed by atoms with Crippen LogP contribution >= 0.6 is 15.9 Å². The highest BCUT2D eigenvalue weighted by atomic mass is 79.9. The van der Waals surface area contributed by atoms with Crippen molar-refractivity contribution in [2.45, 2.75) is 24.7 Å². The predicted octanol–water partition coefficient (Wildman–Crippen LogP) is 3.44. The van der Waals surface area contributed by atoms with E-state index in [0.717, 1.165) is 15.6 Å². The highest BCUT2D eigenvalue weighted by molar-refractivity contribution is 9.10. The van der Waals surface area contributed by atoms with Crippen LogP contribution in [0.3, 0.4) is 0 Å². The fourth-order valence-electron chi connectivity index (χ4n) is 2.45. The summed E-state index contributed by atoms with van der Waals surface area (Å²) in [5.74, 6) is -0.0448. The Morgan fingerprint density at radius 1 is 1.13 bits per heavy atom. The van der Waals surface area contributed by atoms with Crippen LogP contribution in [0.25, 0.3) is 0 Å². The zero-order chi connectivity index (χ0) is 16.6. The molecule has 23 heavy (non-hydrogen) atoms. The summed E-state index contributed by atoms with van der Waals surface area (Å²) in [6.45, 7) is 1.89. The van der Waals surface area contributed by atoms with Crippen LogP contribution in [0, 0.1) is 6.92 Å². The normalized spacial score (nSPS) is 14.1. The third-order valence-corrected chi connectivity index (χ3v) is 5.96. The number of fused-ring (bicyclic) bond motifs is 1. The molecule has 2 aromatic carbocycles. The number of nitrogens with one attached hydrogen (secondary N) is 2. The zero-order valence-electron chi connectivity index (χ0n) is 12.4. The van der Waals surface area contributed by atoms with Crippen LogP contribution in [-0.4, -0.2) is 14.3 Å². The smallest absolute Gasteiger partial charge is 0.261 e. The minimum atomic E-state index is -3.67. The molecule has 1 heterocycles. The molecule has 0 aliphatic carbocycles. The summed E-state index contributed by atoms with van der Waals surface area (Å²) in [6, 6.07) is 10.0. The first-order chi connectivity index (χ1) is 10.8. The number of carbonyl (C=O) groups excluding carboxylic acids is 1. The molecule has 2 N–H and O–H groups in total. The first kappa shape index (κ1) is 16.0.